The van der Waals surface area contributed by atoms with Gasteiger partial charge in [0.25, 0.3) is 0 Å². The lowest BCUT2D eigenvalue weighted by atomic mass is 10.2. The molecule has 0 bridgehead atoms. The summed E-state index contributed by atoms with van der Waals surface area (Å²) in [6.45, 7) is 5.67. The van der Waals surface area contributed by atoms with Crippen molar-refractivity contribution >= 4 is 5.96 Å². The summed E-state index contributed by atoms with van der Waals surface area (Å²) in [4.78, 5) is 4.62. The molecule has 0 radical (unpaired) electrons. The Hall–Kier alpha value is -2.23. The molecule has 0 atom stereocenters. The predicted octanol–water partition coefficient (Wildman–Crippen LogP) is 2.97. The number of furan rings is 1. The van der Waals surface area contributed by atoms with E-state index in [0.717, 1.165) is 24.7 Å². The molecule has 2 rings (SSSR count). The van der Waals surface area contributed by atoms with Crippen molar-refractivity contribution in [3.05, 3.63) is 60.1 Å². The van der Waals surface area contributed by atoms with Gasteiger partial charge in [-0.25, -0.2) is 4.99 Å². The van der Waals surface area contributed by atoms with Gasteiger partial charge in [-0.1, -0.05) is 30.3 Å². The summed E-state index contributed by atoms with van der Waals surface area (Å²) in [5.41, 5.74) is 1.20. The highest BCUT2D eigenvalue weighted by Crippen LogP contribution is 2.01. The molecule has 4 heteroatoms. The number of guanidine groups is 1. The van der Waals surface area contributed by atoms with Gasteiger partial charge in [-0.05, 0) is 31.5 Å². The van der Waals surface area contributed by atoms with Gasteiger partial charge in [0.15, 0.2) is 5.96 Å². The molecule has 21 heavy (non-hydrogen) atoms. The average Bonchev–Trinajstić information content (AvgIpc) is 2.98. The molecule has 1 aromatic heterocycles. The Morgan fingerprint density at radius 1 is 1.14 bits per heavy atom. The van der Waals surface area contributed by atoms with Gasteiger partial charge < -0.3 is 15.1 Å². The van der Waals surface area contributed by atoms with E-state index in [9.17, 15) is 0 Å². The lowest BCUT2D eigenvalue weighted by molar-refractivity contribution is 0.506. The average molecular weight is 285 g/mol. The van der Waals surface area contributed by atoms with Crippen LogP contribution in [0.1, 0.15) is 25.2 Å². The maximum absolute atomic E-state index is 5.33. The molecule has 0 saturated heterocycles. The summed E-state index contributed by atoms with van der Waals surface area (Å²) in [6, 6.07) is 14.5. The summed E-state index contributed by atoms with van der Waals surface area (Å²) in [5.74, 6) is 1.81. The molecule has 0 aliphatic heterocycles. The lowest BCUT2D eigenvalue weighted by Crippen LogP contribution is -2.41. The second kappa shape index (κ2) is 8.15. The first-order valence-corrected chi connectivity index (χ1v) is 7.35. The summed E-state index contributed by atoms with van der Waals surface area (Å²) in [5, 5.41) is 6.68. The third-order valence-corrected chi connectivity index (χ3v) is 2.93. The second-order valence-corrected chi connectivity index (χ2v) is 5.21. The molecule has 0 unspecified atom stereocenters. The van der Waals surface area contributed by atoms with Gasteiger partial charge in [0.1, 0.15) is 5.76 Å². The molecule has 2 N–H and O–H groups in total. The normalized spacial score (nSPS) is 11.7. The van der Waals surface area contributed by atoms with E-state index in [0.29, 0.717) is 12.6 Å². The van der Waals surface area contributed by atoms with Crippen LogP contribution in [0.25, 0.3) is 0 Å². The molecule has 1 heterocycles. The highest BCUT2D eigenvalue weighted by Gasteiger charge is 2.02. The zero-order chi connectivity index (χ0) is 14.9. The standard InChI is InChI=1S/C17H23N3O/c1-14(2)20-17(18-11-10-16-9-6-12-21-16)19-13-15-7-4-3-5-8-15/h3-9,12,14H,10-11,13H2,1-2H3,(H2,18,19,20). The zero-order valence-corrected chi connectivity index (χ0v) is 12.7. The highest BCUT2D eigenvalue weighted by molar-refractivity contribution is 5.80. The van der Waals surface area contributed by atoms with Gasteiger partial charge in [-0.3, -0.25) is 0 Å². The predicted molar refractivity (Wildman–Crippen MR) is 86.3 cm³/mol. The maximum Gasteiger partial charge on any atom is 0.191 e. The molecule has 112 valence electrons. The molecule has 1 aromatic carbocycles. The molecular formula is C17H23N3O. The highest BCUT2D eigenvalue weighted by atomic mass is 16.3. The third-order valence-electron chi connectivity index (χ3n) is 2.93. The topological polar surface area (TPSA) is 49.6 Å². The van der Waals surface area contributed by atoms with E-state index in [1.54, 1.807) is 6.26 Å². The van der Waals surface area contributed by atoms with Crippen molar-refractivity contribution in [3.8, 4) is 0 Å². The van der Waals surface area contributed by atoms with Gasteiger partial charge >= 0.3 is 0 Å². The van der Waals surface area contributed by atoms with Crippen molar-refractivity contribution in [2.24, 2.45) is 4.99 Å². The van der Waals surface area contributed by atoms with E-state index in [4.69, 9.17) is 4.42 Å². The number of nitrogens with one attached hydrogen (secondary N) is 2. The number of aliphatic imine (C=N–C) groups is 1. The first-order valence-electron chi connectivity index (χ1n) is 7.35. The largest absolute Gasteiger partial charge is 0.469 e. The number of hydrogen-bond donors (Lipinski definition) is 2. The first-order chi connectivity index (χ1) is 10.2. The van der Waals surface area contributed by atoms with Crippen LogP contribution in [-0.2, 0) is 13.0 Å². The molecular weight excluding hydrogens is 262 g/mol. The molecule has 0 amide bonds. The fraction of sp³-hybridized carbons (Fsp3) is 0.353. The molecule has 4 nitrogen and oxygen atoms in total. The van der Waals surface area contributed by atoms with Gasteiger partial charge in [-0.2, -0.15) is 0 Å². The van der Waals surface area contributed by atoms with Crippen molar-refractivity contribution in [2.75, 3.05) is 6.54 Å². The van der Waals surface area contributed by atoms with Gasteiger partial charge in [0, 0.05) is 19.0 Å². The molecule has 0 aliphatic carbocycles. The smallest absolute Gasteiger partial charge is 0.191 e. The van der Waals surface area contributed by atoms with Gasteiger partial charge in [-0.15, -0.1) is 0 Å². The van der Waals surface area contributed by atoms with Gasteiger partial charge in [0.05, 0.1) is 12.8 Å². The van der Waals surface area contributed by atoms with Crippen molar-refractivity contribution in [3.63, 3.8) is 0 Å². The lowest BCUT2D eigenvalue weighted by Gasteiger charge is -2.14. The van der Waals surface area contributed by atoms with Crippen LogP contribution in [-0.4, -0.2) is 18.5 Å². The summed E-state index contributed by atoms with van der Waals surface area (Å²) in [7, 11) is 0. The Labute approximate surface area is 126 Å². The van der Waals surface area contributed by atoms with Crippen LogP contribution < -0.4 is 10.6 Å². The summed E-state index contributed by atoms with van der Waals surface area (Å²) < 4.78 is 5.33. The zero-order valence-electron chi connectivity index (χ0n) is 12.7. The molecule has 0 spiro atoms. The molecule has 0 fully saturated rings. The van der Waals surface area contributed by atoms with E-state index in [2.05, 4.69) is 41.6 Å². The van der Waals surface area contributed by atoms with Crippen molar-refractivity contribution in [1.29, 1.82) is 0 Å². The number of hydrogen-bond acceptors (Lipinski definition) is 2. The monoisotopic (exact) mass is 285 g/mol. The minimum atomic E-state index is 0.343. The number of rotatable bonds is 6. The van der Waals surface area contributed by atoms with Crippen molar-refractivity contribution in [2.45, 2.75) is 32.9 Å². The van der Waals surface area contributed by atoms with Crippen LogP contribution in [0.15, 0.2) is 58.1 Å². The quantitative estimate of drug-likeness (QED) is 0.633. The van der Waals surface area contributed by atoms with E-state index in [1.165, 1.54) is 5.56 Å². The molecule has 2 aromatic rings. The fourth-order valence-corrected chi connectivity index (χ4v) is 1.94. The molecule has 0 aliphatic rings. The van der Waals surface area contributed by atoms with Crippen molar-refractivity contribution < 1.29 is 4.42 Å². The van der Waals surface area contributed by atoms with Crippen LogP contribution in [0.3, 0.4) is 0 Å². The number of nitrogens with zero attached hydrogens (tertiary/aromatic N) is 1. The molecule has 0 saturated carbocycles. The van der Waals surface area contributed by atoms with Crippen LogP contribution in [0, 0.1) is 0 Å². The Morgan fingerprint density at radius 3 is 2.62 bits per heavy atom. The Kier molecular flexibility index (Phi) is 5.88. The van der Waals surface area contributed by atoms with Crippen molar-refractivity contribution in [1.82, 2.24) is 10.6 Å². The van der Waals surface area contributed by atoms with E-state index in [1.807, 2.05) is 30.3 Å². The Balaban J connectivity index is 1.87. The maximum atomic E-state index is 5.33. The van der Waals surface area contributed by atoms with Crippen LogP contribution in [0.4, 0.5) is 0 Å². The first kappa shape index (κ1) is 15.2. The van der Waals surface area contributed by atoms with Gasteiger partial charge in [0.2, 0.25) is 0 Å². The van der Waals surface area contributed by atoms with Crippen LogP contribution in [0.2, 0.25) is 0 Å². The SMILES string of the molecule is CC(C)NC(=NCc1ccccc1)NCCc1ccco1. The van der Waals surface area contributed by atoms with Crippen LogP contribution in [0.5, 0.6) is 0 Å². The fourth-order valence-electron chi connectivity index (χ4n) is 1.94. The number of benzene rings is 1. The Bertz CT molecular complexity index is 532. The summed E-state index contributed by atoms with van der Waals surface area (Å²) >= 11 is 0. The second-order valence-electron chi connectivity index (χ2n) is 5.21. The third kappa shape index (κ3) is 5.73. The minimum Gasteiger partial charge on any atom is -0.469 e. The van der Waals surface area contributed by atoms with E-state index in [-0.39, 0.29) is 0 Å². The van der Waals surface area contributed by atoms with E-state index < -0.39 is 0 Å². The van der Waals surface area contributed by atoms with E-state index >= 15 is 0 Å². The summed E-state index contributed by atoms with van der Waals surface area (Å²) in [6.07, 6.45) is 2.54. The Morgan fingerprint density at radius 2 is 1.95 bits per heavy atom. The minimum absolute atomic E-state index is 0.343. The van der Waals surface area contributed by atoms with Crippen LogP contribution >= 0.6 is 0 Å².